The van der Waals surface area contributed by atoms with Gasteiger partial charge in [0.2, 0.25) is 0 Å². The number of amidine groups is 1. The van der Waals surface area contributed by atoms with Crippen molar-refractivity contribution < 1.29 is 4.79 Å². The van der Waals surface area contributed by atoms with Gasteiger partial charge in [-0.3, -0.25) is 9.78 Å². The maximum absolute atomic E-state index is 12.4. The summed E-state index contributed by atoms with van der Waals surface area (Å²) in [5, 5.41) is 4.01. The number of rotatable bonds is 3. The highest BCUT2D eigenvalue weighted by atomic mass is 35.5. The SMILES string of the molecule is O=C1NC(=Nc2c(Cl)cccc2Cl)SC1=Cc1ccc2nc(-c3cccnc3)[nH]c2c1. The number of nitrogens with zero attached hydrogens (tertiary/aromatic N) is 3. The quantitative estimate of drug-likeness (QED) is 0.373. The Labute approximate surface area is 191 Å². The summed E-state index contributed by atoms with van der Waals surface area (Å²) < 4.78 is 0. The monoisotopic (exact) mass is 465 g/mol. The Morgan fingerprint density at radius 3 is 2.68 bits per heavy atom. The Morgan fingerprint density at radius 2 is 1.90 bits per heavy atom. The van der Waals surface area contributed by atoms with Crippen LogP contribution in [0.1, 0.15) is 5.56 Å². The molecule has 0 bridgehead atoms. The molecule has 0 aliphatic carbocycles. The highest BCUT2D eigenvalue weighted by Gasteiger charge is 2.24. The Bertz CT molecular complexity index is 1360. The minimum absolute atomic E-state index is 0.229. The summed E-state index contributed by atoms with van der Waals surface area (Å²) in [5.41, 5.74) is 3.90. The molecule has 0 unspecified atom stereocenters. The van der Waals surface area contributed by atoms with Crippen LogP contribution in [0.4, 0.5) is 5.69 Å². The van der Waals surface area contributed by atoms with E-state index in [9.17, 15) is 4.79 Å². The van der Waals surface area contributed by atoms with Gasteiger partial charge in [0.1, 0.15) is 11.5 Å². The van der Waals surface area contributed by atoms with Gasteiger partial charge in [-0.2, -0.15) is 0 Å². The van der Waals surface area contributed by atoms with Gasteiger partial charge in [-0.15, -0.1) is 0 Å². The van der Waals surface area contributed by atoms with Gasteiger partial charge in [0.15, 0.2) is 5.17 Å². The van der Waals surface area contributed by atoms with Gasteiger partial charge in [0.25, 0.3) is 5.91 Å². The zero-order valence-electron chi connectivity index (χ0n) is 15.8. The molecule has 152 valence electrons. The molecule has 1 amide bonds. The average molecular weight is 466 g/mol. The van der Waals surface area contributed by atoms with Crippen LogP contribution in [0.15, 0.2) is 70.8 Å². The van der Waals surface area contributed by atoms with Crippen molar-refractivity contribution in [3.05, 3.63) is 81.4 Å². The number of H-pyrrole nitrogens is 1. The molecule has 6 nitrogen and oxygen atoms in total. The molecule has 0 radical (unpaired) electrons. The molecule has 1 fully saturated rings. The van der Waals surface area contributed by atoms with E-state index in [1.807, 2.05) is 30.3 Å². The summed E-state index contributed by atoms with van der Waals surface area (Å²) >= 11 is 13.6. The summed E-state index contributed by atoms with van der Waals surface area (Å²) in [6.45, 7) is 0. The topological polar surface area (TPSA) is 83.0 Å². The van der Waals surface area contributed by atoms with Crippen molar-refractivity contribution in [1.82, 2.24) is 20.3 Å². The Kier molecular flexibility index (Phi) is 5.23. The average Bonchev–Trinajstić information content (AvgIpc) is 3.34. The van der Waals surface area contributed by atoms with Gasteiger partial charge in [0, 0.05) is 18.0 Å². The highest BCUT2D eigenvalue weighted by molar-refractivity contribution is 8.18. The third kappa shape index (κ3) is 4.07. The fourth-order valence-corrected chi connectivity index (χ4v) is 4.40. The van der Waals surface area contributed by atoms with Crippen molar-refractivity contribution in [3.63, 3.8) is 0 Å². The number of para-hydroxylation sites is 1. The van der Waals surface area contributed by atoms with E-state index < -0.39 is 0 Å². The molecule has 0 atom stereocenters. The van der Waals surface area contributed by atoms with E-state index >= 15 is 0 Å². The fraction of sp³-hybridized carbons (Fsp3) is 0. The number of amides is 1. The molecular formula is C22H13Cl2N5OS. The summed E-state index contributed by atoms with van der Waals surface area (Å²) in [5.74, 6) is 0.514. The number of aromatic amines is 1. The molecule has 1 saturated heterocycles. The first-order chi connectivity index (χ1) is 15.1. The molecule has 0 saturated carbocycles. The van der Waals surface area contributed by atoms with Gasteiger partial charge >= 0.3 is 0 Å². The molecule has 31 heavy (non-hydrogen) atoms. The molecule has 2 aromatic heterocycles. The van der Waals surface area contributed by atoms with Gasteiger partial charge < -0.3 is 10.3 Å². The number of pyridine rings is 1. The molecule has 9 heteroatoms. The van der Waals surface area contributed by atoms with Crippen LogP contribution in [-0.4, -0.2) is 26.0 Å². The lowest BCUT2D eigenvalue weighted by Crippen LogP contribution is -2.19. The molecule has 1 aliphatic heterocycles. The van der Waals surface area contributed by atoms with Crippen molar-refractivity contribution in [2.24, 2.45) is 4.99 Å². The number of hydrogen-bond donors (Lipinski definition) is 2. The first-order valence-electron chi connectivity index (χ1n) is 9.20. The van der Waals surface area contributed by atoms with Crippen LogP contribution in [0, 0.1) is 0 Å². The summed E-state index contributed by atoms with van der Waals surface area (Å²) in [6, 6.07) is 14.7. The van der Waals surface area contributed by atoms with Crippen LogP contribution < -0.4 is 5.32 Å². The standard InChI is InChI=1S/C22H13Cl2N5OS/c23-14-4-1-5-15(24)19(14)28-22-29-21(30)18(31-22)10-12-6-7-16-17(9-12)27-20(26-16)13-3-2-8-25-11-13/h1-11H,(H,26,27)(H,28,29,30). The number of aliphatic imine (C=N–C) groups is 1. The van der Waals surface area contributed by atoms with Crippen LogP contribution in [0.3, 0.4) is 0 Å². The van der Waals surface area contributed by atoms with Crippen LogP contribution in [-0.2, 0) is 4.79 Å². The predicted octanol–water partition coefficient (Wildman–Crippen LogP) is 5.82. The van der Waals surface area contributed by atoms with Crippen LogP contribution in [0.25, 0.3) is 28.5 Å². The minimum Gasteiger partial charge on any atom is -0.338 e. The lowest BCUT2D eigenvalue weighted by Gasteiger charge is -2.01. The first-order valence-corrected chi connectivity index (χ1v) is 10.8. The second-order valence-electron chi connectivity index (χ2n) is 6.66. The van der Waals surface area contributed by atoms with Gasteiger partial charge in [-0.1, -0.05) is 35.3 Å². The van der Waals surface area contributed by atoms with Crippen molar-refractivity contribution >= 4 is 68.8 Å². The Hall–Kier alpha value is -3.13. The number of halogens is 2. The fourth-order valence-electron chi connectivity index (χ4n) is 3.09. The number of imidazole rings is 1. The summed E-state index contributed by atoms with van der Waals surface area (Å²) in [6.07, 6.45) is 5.28. The van der Waals surface area contributed by atoms with E-state index in [1.54, 1.807) is 36.7 Å². The van der Waals surface area contributed by atoms with Gasteiger partial charge in [-0.05, 0) is 59.8 Å². The molecule has 4 aromatic rings. The van der Waals surface area contributed by atoms with E-state index in [1.165, 1.54) is 11.8 Å². The maximum Gasteiger partial charge on any atom is 0.264 e. The largest absolute Gasteiger partial charge is 0.338 e. The van der Waals surface area contributed by atoms with E-state index in [0.29, 0.717) is 25.8 Å². The number of benzene rings is 2. The van der Waals surface area contributed by atoms with Crippen LogP contribution in [0.5, 0.6) is 0 Å². The molecule has 5 rings (SSSR count). The van der Waals surface area contributed by atoms with Crippen molar-refractivity contribution in [3.8, 4) is 11.4 Å². The van der Waals surface area contributed by atoms with E-state index in [2.05, 4.69) is 25.3 Å². The second-order valence-corrected chi connectivity index (χ2v) is 8.50. The number of carbonyl (C=O) groups excluding carboxylic acids is 1. The smallest absolute Gasteiger partial charge is 0.264 e. The lowest BCUT2D eigenvalue weighted by atomic mass is 10.2. The second kappa shape index (κ2) is 8.19. The van der Waals surface area contributed by atoms with E-state index in [0.717, 1.165) is 28.0 Å². The van der Waals surface area contributed by atoms with Crippen molar-refractivity contribution in [1.29, 1.82) is 0 Å². The zero-order chi connectivity index (χ0) is 21.4. The zero-order valence-corrected chi connectivity index (χ0v) is 18.1. The molecular weight excluding hydrogens is 453 g/mol. The molecule has 1 aliphatic rings. The highest BCUT2D eigenvalue weighted by Crippen LogP contribution is 2.35. The van der Waals surface area contributed by atoms with E-state index in [4.69, 9.17) is 23.2 Å². The number of nitrogens with one attached hydrogen (secondary N) is 2. The molecule has 3 heterocycles. The Balaban J connectivity index is 1.43. The number of thioether (sulfide) groups is 1. The third-order valence-electron chi connectivity index (χ3n) is 4.54. The summed E-state index contributed by atoms with van der Waals surface area (Å²) in [7, 11) is 0. The van der Waals surface area contributed by atoms with Gasteiger partial charge in [-0.25, -0.2) is 9.98 Å². The van der Waals surface area contributed by atoms with Crippen molar-refractivity contribution in [2.75, 3.05) is 0 Å². The van der Waals surface area contributed by atoms with E-state index in [-0.39, 0.29) is 5.91 Å². The number of aromatic nitrogens is 3. The number of fused-ring (bicyclic) bond motifs is 1. The normalized spacial score (nSPS) is 16.4. The van der Waals surface area contributed by atoms with Crippen molar-refractivity contribution in [2.45, 2.75) is 0 Å². The molecule has 0 spiro atoms. The first kappa shape index (κ1) is 19.8. The number of carbonyl (C=O) groups is 1. The van der Waals surface area contributed by atoms with Crippen LogP contribution >= 0.6 is 35.0 Å². The molecule has 2 N–H and O–H groups in total. The third-order valence-corrected chi connectivity index (χ3v) is 6.06. The van der Waals surface area contributed by atoms with Crippen LogP contribution in [0.2, 0.25) is 10.0 Å². The summed E-state index contributed by atoms with van der Waals surface area (Å²) in [4.78, 5) is 29.4. The minimum atomic E-state index is -0.229. The van der Waals surface area contributed by atoms with Gasteiger partial charge in [0.05, 0.1) is 26.0 Å². The number of hydrogen-bond acceptors (Lipinski definition) is 5. The Morgan fingerprint density at radius 1 is 1.06 bits per heavy atom. The predicted molar refractivity (Wildman–Crippen MR) is 127 cm³/mol. The lowest BCUT2D eigenvalue weighted by molar-refractivity contribution is -0.115. The maximum atomic E-state index is 12.4. The molecule has 2 aromatic carbocycles.